The van der Waals surface area contributed by atoms with Crippen LogP contribution in [0.5, 0.6) is 0 Å². The summed E-state index contributed by atoms with van der Waals surface area (Å²) < 4.78 is 24.6. The van der Waals surface area contributed by atoms with Crippen molar-refractivity contribution in [3.63, 3.8) is 0 Å². The van der Waals surface area contributed by atoms with Gasteiger partial charge in [-0.1, -0.05) is 15.9 Å². The van der Waals surface area contributed by atoms with Crippen molar-refractivity contribution < 1.29 is 13.6 Å². The van der Waals surface area contributed by atoms with Crippen LogP contribution in [0.4, 0.5) is 0 Å². The number of benzene rings is 1. The first-order valence-electron chi connectivity index (χ1n) is 4.88. The Morgan fingerprint density at radius 1 is 1.19 bits per heavy atom. The van der Waals surface area contributed by atoms with Crippen molar-refractivity contribution in [2.75, 3.05) is 13.2 Å². The second kappa shape index (κ2) is 6.31. The minimum absolute atomic E-state index is 0.343. The minimum atomic E-state index is -3.21. The van der Waals surface area contributed by atoms with Gasteiger partial charge in [-0.15, -0.1) is 0 Å². The Labute approximate surface area is 112 Å². The molecule has 0 aliphatic carbocycles. The van der Waals surface area contributed by atoms with Crippen LogP contribution in [0, 0.1) is 0 Å². The van der Waals surface area contributed by atoms with Gasteiger partial charge in [-0.05, 0) is 48.0 Å². The average Bonchev–Trinajstić information content (AvgIpc) is 2.22. The fourth-order valence-electron chi connectivity index (χ4n) is 1.21. The lowest BCUT2D eigenvalue weighted by molar-refractivity contribution is 0.230. The molecule has 0 N–H and O–H groups in total. The van der Waals surface area contributed by atoms with Crippen LogP contribution in [0.3, 0.4) is 0 Å². The van der Waals surface area contributed by atoms with Crippen LogP contribution in [0.1, 0.15) is 13.8 Å². The Morgan fingerprint density at radius 3 is 2.25 bits per heavy atom. The maximum atomic E-state index is 12.5. The molecule has 6 heteroatoms. The molecule has 0 atom stereocenters. The molecule has 3 nitrogen and oxygen atoms in total. The Balaban J connectivity index is 3.20. The molecule has 0 saturated heterocycles. The topological polar surface area (TPSA) is 35.5 Å². The van der Waals surface area contributed by atoms with E-state index in [0.29, 0.717) is 18.5 Å². The Kier molecular flexibility index (Phi) is 5.68. The third-order valence-electron chi connectivity index (χ3n) is 1.80. The molecule has 0 spiro atoms. The van der Waals surface area contributed by atoms with Gasteiger partial charge in [0.05, 0.1) is 18.5 Å². The van der Waals surface area contributed by atoms with Crippen LogP contribution >= 0.6 is 39.5 Å². The zero-order valence-electron chi connectivity index (χ0n) is 9.07. The van der Waals surface area contributed by atoms with Gasteiger partial charge in [0.15, 0.2) is 0 Å². The highest BCUT2D eigenvalue weighted by atomic mass is 79.9. The monoisotopic (exact) mass is 370 g/mol. The molecule has 0 heterocycles. The van der Waals surface area contributed by atoms with Crippen LogP contribution < -0.4 is 5.30 Å². The molecule has 0 aromatic heterocycles. The summed E-state index contributed by atoms with van der Waals surface area (Å²) in [5, 5.41) is 0.547. The van der Waals surface area contributed by atoms with E-state index in [2.05, 4.69) is 31.9 Å². The lowest BCUT2D eigenvalue weighted by atomic mass is 10.4. The maximum absolute atomic E-state index is 12.5. The van der Waals surface area contributed by atoms with Crippen molar-refractivity contribution in [1.82, 2.24) is 0 Å². The lowest BCUT2D eigenvalue weighted by Gasteiger charge is -2.18. The number of hydrogen-bond acceptors (Lipinski definition) is 3. The normalized spacial score (nSPS) is 11.8. The van der Waals surface area contributed by atoms with Gasteiger partial charge in [-0.3, -0.25) is 4.57 Å². The summed E-state index contributed by atoms with van der Waals surface area (Å²) in [6.45, 7) is 4.27. The average molecular weight is 372 g/mol. The van der Waals surface area contributed by atoms with Gasteiger partial charge in [0, 0.05) is 8.95 Å². The van der Waals surface area contributed by atoms with Crippen LogP contribution in [-0.2, 0) is 13.6 Å². The molecule has 90 valence electrons. The van der Waals surface area contributed by atoms with Crippen LogP contribution in [0.25, 0.3) is 0 Å². The molecule has 0 amide bonds. The number of rotatable bonds is 5. The minimum Gasteiger partial charge on any atom is -0.305 e. The van der Waals surface area contributed by atoms with E-state index in [1.54, 1.807) is 19.9 Å². The molecule has 1 rings (SSSR count). The first kappa shape index (κ1) is 14.4. The van der Waals surface area contributed by atoms with Gasteiger partial charge in [0.1, 0.15) is 0 Å². The van der Waals surface area contributed by atoms with E-state index in [9.17, 15) is 4.57 Å². The third kappa shape index (κ3) is 3.41. The summed E-state index contributed by atoms with van der Waals surface area (Å²) >= 11 is 6.69. The number of halogens is 2. The van der Waals surface area contributed by atoms with E-state index in [1.165, 1.54) is 0 Å². The molecule has 0 unspecified atom stereocenters. The molecule has 1 aromatic rings. The molecule has 0 aliphatic heterocycles. The van der Waals surface area contributed by atoms with E-state index in [4.69, 9.17) is 9.05 Å². The Bertz CT molecular complexity index is 399. The summed E-state index contributed by atoms with van der Waals surface area (Å²) in [5.41, 5.74) is 0. The summed E-state index contributed by atoms with van der Waals surface area (Å²) in [7, 11) is -3.21. The van der Waals surface area contributed by atoms with Crippen LogP contribution in [0.15, 0.2) is 27.1 Å². The Hall–Kier alpha value is 0.330. The van der Waals surface area contributed by atoms with Crippen molar-refractivity contribution in [1.29, 1.82) is 0 Å². The van der Waals surface area contributed by atoms with E-state index >= 15 is 0 Å². The van der Waals surface area contributed by atoms with Crippen molar-refractivity contribution >= 4 is 44.8 Å². The van der Waals surface area contributed by atoms with Gasteiger partial charge in [0.25, 0.3) is 0 Å². The standard InChI is InChI=1S/C10H13Br2O3P/c1-3-14-16(13,15-4-2)10-7-8(11)5-6-9(10)12/h5-7H,3-4H2,1-2H3. The lowest BCUT2D eigenvalue weighted by Crippen LogP contribution is -2.12. The third-order valence-corrected chi connectivity index (χ3v) is 5.45. The Morgan fingerprint density at radius 2 is 1.75 bits per heavy atom. The highest BCUT2D eigenvalue weighted by Crippen LogP contribution is 2.48. The number of hydrogen-bond donors (Lipinski definition) is 0. The molecule has 1 aromatic carbocycles. The zero-order chi connectivity index (χ0) is 12.2. The molecular formula is C10H13Br2O3P. The molecule has 0 fully saturated rings. The summed E-state index contributed by atoms with van der Waals surface area (Å²) in [6, 6.07) is 5.41. The van der Waals surface area contributed by atoms with Gasteiger partial charge in [0.2, 0.25) is 0 Å². The van der Waals surface area contributed by atoms with Gasteiger partial charge in [-0.2, -0.15) is 0 Å². The smallest absolute Gasteiger partial charge is 0.305 e. The summed E-state index contributed by atoms with van der Waals surface area (Å²) in [4.78, 5) is 0. The summed E-state index contributed by atoms with van der Waals surface area (Å²) in [5.74, 6) is 0. The van der Waals surface area contributed by atoms with Gasteiger partial charge < -0.3 is 9.05 Å². The van der Waals surface area contributed by atoms with E-state index < -0.39 is 7.60 Å². The molecule has 0 radical (unpaired) electrons. The van der Waals surface area contributed by atoms with Gasteiger partial charge in [-0.25, -0.2) is 0 Å². The molecule has 0 saturated carbocycles. The quantitative estimate of drug-likeness (QED) is 0.731. The fourth-order valence-corrected chi connectivity index (χ4v) is 4.31. The highest BCUT2D eigenvalue weighted by molar-refractivity contribution is 9.11. The molecular weight excluding hydrogens is 359 g/mol. The molecule has 16 heavy (non-hydrogen) atoms. The van der Waals surface area contributed by atoms with Gasteiger partial charge >= 0.3 is 7.60 Å². The maximum Gasteiger partial charge on any atom is 0.362 e. The van der Waals surface area contributed by atoms with Crippen molar-refractivity contribution in [2.45, 2.75) is 13.8 Å². The first-order valence-corrected chi connectivity index (χ1v) is 8.01. The van der Waals surface area contributed by atoms with E-state index in [1.807, 2.05) is 12.1 Å². The van der Waals surface area contributed by atoms with Crippen molar-refractivity contribution in [3.8, 4) is 0 Å². The second-order valence-corrected chi connectivity index (χ2v) is 6.69. The first-order chi connectivity index (χ1) is 7.53. The van der Waals surface area contributed by atoms with Crippen LogP contribution in [-0.4, -0.2) is 13.2 Å². The molecule has 0 bridgehead atoms. The largest absolute Gasteiger partial charge is 0.362 e. The predicted molar refractivity (Wildman–Crippen MR) is 72.3 cm³/mol. The predicted octanol–water partition coefficient (Wildman–Crippen LogP) is 4.10. The van der Waals surface area contributed by atoms with E-state index in [-0.39, 0.29) is 0 Å². The van der Waals surface area contributed by atoms with Crippen molar-refractivity contribution in [2.24, 2.45) is 0 Å². The van der Waals surface area contributed by atoms with Crippen LogP contribution in [0.2, 0.25) is 0 Å². The second-order valence-electron chi connectivity index (χ2n) is 2.93. The van der Waals surface area contributed by atoms with E-state index in [0.717, 1.165) is 8.95 Å². The molecule has 0 aliphatic rings. The van der Waals surface area contributed by atoms with Crippen molar-refractivity contribution in [3.05, 3.63) is 27.1 Å². The highest BCUT2D eigenvalue weighted by Gasteiger charge is 2.29. The fraction of sp³-hybridized carbons (Fsp3) is 0.400. The summed E-state index contributed by atoms with van der Waals surface area (Å²) in [6.07, 6.45) is 0. The zero-order valence-corrected chi connectivity index (χ0v) is 13.1. The SMILES string of the molecule is CCOP(=O)(OCC)c1cc(Br)ccc1Br.